The predicted octanol–water partition coefficient (Wildman–Crippen LogP) is -12.9. The number of hydrogen-bond acceptors (Lipinski definition) is 25. The van der Waals surface area contributed by atoms with Gasteiger partial charge in [0.2, 0.25) is 82.7 Å². The third kappa shape index (κ3) is 47.3. The Morgan fingerprint density at radius 1 is 0.320 bits per heavy atom. The Balaban J connectivity index is 0.0000191. The fraction of sp³-hybridized carbons (Fsp3) is 0.694. The summed E-state index contributed by atoms with van der Waals surface area (Å²) in [5.74, 6) is -16.6. The molecule has 53 nitrogen and oxygen atoms in total. The van der Waals surface area contributed by atoms with E-state index in [1.54, 1.807) is 0 Å². The summed E-state index contributed by atoms with van der Waals surface area (Å²) in [5, 5.41) is 43.2. The molecule has 0 aliphatic carbocycles. The van der Waals surface area contributed by atoms with E-state index in [0.29, 0.717) is 25.7 Å². The lowest BCUT2D eigenvalue weighted by Crippen LogP contribution is -2.61. The summed E-state index contributed by atoms with van der Waals surface area (Å²) >= 11 is 0. The quantitative estimate of drug-likeness (QED) is 0.0153. The van der Waals surface area contributed by atoms with Crippen LogP contribution in [0.4, 0.5) is 0 Å². The molecule has 706 valence electrons. The molecule has 53 heteroatoms. The molecule has 0 radical (unpaired) electrons. The predicted molar refractivity (Wildman–Crippen MR) is 461 cm³/mol. The molecule has 46 N–H and O–H groups in total. The van der Waals surface area contributed by atoms with Gasteiger partial charge in [0.05, 0.1) is 6.54 Å². The third-order valence-corrected chi connectivity index (χ3v) is 19.1. The summed E-state index contributed by atoms with van der Waals surface area (Å²) in [6.07, 6.45) is -0.785. The monoisotopic (exact) mass is 1780 g/mol. The summed E-state index contributed by atoms with van der Waals surface area (Å²) in [7, 11) is 0. The second kappa shape index (κ2) is 61.3. The molecular weight excluding hydrogens is 1640 g/mol. The number of amides is 14. The lowest BCUT2D eigenvalue weighted by atomic mass is 10.0. The van der Waals surface area contributed by atoms with Gasteiger partial charge in [-0.3, -0.25) is 102 Å². The summed E-state index contributed by atoms with van der Waals surface area (Å²) in [6, 6.07) is -17.6. The molecule has 2 saturated heterocycles. The van der Waals surface area contributed by atoms with Crippen LogP contribution in [0.2, 0.25) is 0 Å². The number of nitrogens with one attached hydrogen (secondary N) is 10. The van der Waals surface area contributed by atoms with Gasteiger partial charge in [0.15, 0.2) is 35.8 Å². The van der Waals surface area contributed by atoms with Gasteiger partial charge < -0.3 is 171 Å². The number of rotatable bonds is 61. The summed E-state index contributed by atoms with van der Waals surface area (Å²) in [4.78, 5) is 245. The molecule has 0 bridgehead atoms. The SMILES string of the molecule is CC(=O)O.NCCCC[C@H](NC(=O)[C@H](CCCN=C(N)N)NC(=O)CN)C(=O)N[C@@H](CCCCN)C(=O)N[C@@H](CCCN=C(N)N)C(=O)N[C@@H](CCCN=C(N)N)C(=O)N[C@@H](CCC(N)=O)C(=O)N[C@@H](CCCN=C(N)N)C(=O)N[C@@H](CCCN=C(N)N)C(=O)N[C@@H](CCCN=C(N)N)C(=O)N1CCC[C@H]1C(=O)N1CCC[C@H]1C(=O)N[C@@H](CCC(N)=O)C(=O)O. The van der Waals surface area contributed by atoms with Gasteiger partial charge in [-0.15, -0.1) is 0 Å². The third-order valence-electron chi connectivity index (χ3n) is 19.1. The highest BCUT2D eigenvalue weighted by atomic mass is 16.4. The molecule has 0 saturated carbocycles. The van der Waals surface area contributed by atoms with Gasteiger partial charge in [-0.25, -0.2) is 4.79 Å². The van der Waals surface area contributed by atoms with Crippen molar-refractivity contribution in [3.63, 3.8) is 0 Å². The van der Waals surface area contributed by atoms with E-state index in [1.165, 1.54) is 9.80 Å². The topological polar surface area (TPSA) is 957 Å². The van der Waals surface area contributed by atoms with E-state index in [0.717, 1.165) is 6.92 Å². The normalized spacial score (nSPS) is 15.6. The molecule has 2 heterocycles. The second-order valence-corrected chi connectivity index (χ2v) is 29.4. The van der Waals surface area contributed by atoms with Crippen LogP contribution in [0.3, 0.4) is 0 Å². The number of nitrogens with zero attached hydrogens (tertiary/aromatic N) is 8. The minimum absolute atomic E-state index is 0.000232. The van der Waals surface area contributed by atoms with Crippen molar-refractivity contribution in [3.05, 3.63) is 0 Å². The number of carboxylic acids is 2. The molecule has 12 atom stereocenters. The summed E-state index contributed by atoms with van der Waals surface area (Å²) in [6.45, 7) is 0.622. The fourth-order valence-corrected chi connectivity index (χ4v) is 12.9. The zero-order chi connectivity index (χ0) is 94.3. The molecule has 0 spiro atoms. The van der Waals surface area contributed by atoms with Crippen molar-refractivity contribution >= 4 is 130 Å². The maximum Gasteiger partial charge on any atom is 0.326 e. The molecule has 0 aromatic carbocycles. The Hall–Kier alpha value is -13.0. The van der Waals surface area contributed by atoms with Crippen LogP contribution in [0.25, 0.3) is 0 Å². The summed E-state index contributed by atoms with van der Waals surface area (Å²) < 4.78 is 0. The van der Waals surface area contributed by atoms with E-state index in [4.69, 9.17) is 107 Å². The molecule has 0 unspecified atom stereocenters. The van der Waals surface area contributed by atoms with Crippen molar-refractivity contribution < 1.29 is 86.9 Å². The first-order valence-corrected chi connectivity index (χ1v) is 41.1. The first-order valence-electron chi connectivity index (χ1n) is 41.1. The van der Waals surface area contributed by atoms with Gasteiger partial charge in [0, 0.05) is 72.1 Å². The highest BCUT2D eigenvalue weighted by molar-refractivity contribution is 6.00. The molecule has 2 rings (SSSR count). The van der Waals surface area contributed by atoms with Gasteiger partial charge in [-0.1, -0.05) is 0 Å². The van der Waals surface area contributed by atoms with Crippen molar-refractivity contribution in [1.29, 1.82) is 0 Å². The minimum atomic E-state index is -1.78. The summed E-state index contributed by atoms with van der Waals surface area (Å²) in [5.41, 5.74) is 95.2. The van der Waals surface area contributed by atoms with E-state index >= 15 is 0 Å². The van der Waals surface area contributed by atoms with Crippen LogP contribution >= 0.6 is 0 Å². The van der Waals surface area contributed by atoms with E-state index in [1.807, 2.05) is 0 Å². The van der Waals surface area contributed by atoms with Gasteiger partial charge in [-0.2, -0.15) is 0 Å². The molecule has 125 heavy (non-hydrogen) atoms. The average Bonchev–Trinajstić information content (AvgIpc) is 1.66. The van der Waals surface area contributed by atoms with Gasteiger partial charge >= 0.3 is 5.97 Å². The number of aliphatic imine (C=N–C) groups is 6. The molecule has 2 aliphatic rings. The minimum Gasteiger partial charge on any atom is -0.481 e. The van der Waals surface area contributed by atoms with Crippen LogP contribution in [0, 0.1) is 0 Å². The van der Waals surface area contributed by atoms with Crippen LogP contribution in [-0.4, -0.2) is 295 Å². The van der Waals surface area contributed by atoms with Crippen LogP contribution in [-0.2, 0) is 76.7 Å². The van der Waals surface area contributed by atoms with Crippen LogP contribution in [0.15, 0.2) is 30.0 Å². The van der Waals surface area contributed by atoms with Crippen molar-refractivity contribution in [3.8, 4) is 0 Å². The largest absolute Gasteiger partial charge is 0.481 e. The first kappa shape index (κ1) is 110. The molecule has 2 fully saturated rings. The van der Waals surface area contributed by atoms with E-state index in [-0.39, 0.29) is 230 Å². The Labute approximate surface area is 723 Å². The number of aliphatic carboxylic acids is 2. The van der Waals surface area contributed by atoms with Gasteiger partial charge in [-0.05, 0) is 167 Å². The number of carbonyl (C=O) groups excluding carboxylic acids is 14. The van der Waals surface area contributed by atoms with E-state index in [9.17, 15) is 77.0 Å². The molecule has 2 aliphatic heterocycles. The highest BCUT2D eigenvalue weighted by Gasteiger charge is 2.45. The number of likely N-dealkylation sites (tertiary alicyclic amines) is 2. The van der Waals surface area contributed by atoms with Crippen LogP contribution in [0.5, 0.6) is 0 Å². The Morgan fingerprint density at radius 3 is 0.840 bits per heavy atom. The molecule has 0 aromatic rings. The number of carbonyl (C=O) groups is 16. The van der Waals surface area contributed by atoms with Crippen molar-refractivity contribution in [2.24, 2.45) is 127 Å². The van der Waals surface area contributed by atoms with Crippen LogP contribution in [0.1, 0.15) is 174 Å². The zero-order valence-electron chi connectivity index (χ0n) is 70.9. The Morgan fingerprint density at radius 2 is 0.568 bits per heavy atom. The number of primary amides is 2. The standard InChI is InChI=1S/C70H131N35O16.C2H4O2/c71-27-3-1-13-39(95-53(109)38(94-52(108)37-73)15-5-29-88-65(76)77)54(110)96-40(14-2-4-28-72)55(111)97-41(16-6-30-89-66(78)79)56(112)98-43(18-8-32-91-68(82)83)58(114)101-45(23-25-50(74)106)60(116)100-42(17-7-31-90-67(80)81)57(113)99-44(19-9-33-92-69(84)85)59(115)102-46(20-10-34-93-70(86)87)62(118)105-36-12-22-49(105)63(119)104-35-11-21-48(104)61(117)103-47(64(120)121)24-26-51(75)107;1-2(3)4/h38-49H,1-37,71-73H2,(H2,74,106)(H2,75,107)(H,94,108)(H,95,109)(H,96,110)(H,97,111)(H,98,112)(H,99,113)(H,100,116)(H,101,114)(H,102,115)(H,103,117)(H,120,121)(H4,76,77,88)(H4,78,79,89)(H4,80,81,90)(H4,82,83,91)(H4,84,85,92)(H4,86,87,93);1H3,(H,3,4)/t38-,39-,40-,41-,42-,43-,44-,45-,46-,47-,48-,49-;/m0./s1. The fourth-order valence-electron chi connectivity index (χ4n) is 12.9. The second-order valence-electron chi connectivity index (χ2n) is 29.4. The average molecular weight is 1780 g/mol. The number of nitrogens with two attached hydrogens (primary N) is 17. The smallest absolute Gasteiger partial charge is 0.326 e. The lowest BCUT2D eigenvalue weighted by Gasteiger charge is -2.33. The van der Waals surface area contributed by atoms with Gasteiger partial charge in [0.25, 0.3) is 5.97 Å². The Kier molecular flexibility index (Phi) is 54.0. The van der Waals surface area contributed by atoms with E-state index < -0.39 is 187 Å². The molecule has 0 aromatic heterocycles. The van der Waals surface area contributed by atoms with Crippen molar-refractivity contribution in [2.45, 2.75) is 246 Å². The van der Waals surface area contributed by atoms with Gasteiger partial charge in [0.1, 0.15) is 72.5 Å². The number of guanidine groups is 6. The molecular formula is C72H135N35O18. The zero-order valence-corrected chi connectivity index (χ0v) is 70.9. The maximum absolute atomic E-state index is 15.0. The number of carboxylic acid groups (broad SMARTS) is 2. The van der Waals surface area contributed by atoms with Crippen molar-refractivity contribution in [1.82, 2.24) is 63.0 Å². The highest BCUT2D eigenvalue weighted by Crippen LogP contribution is 2.27. The lowest BCUT2D eigenvalue weighted by molar-refractivity contribution is -0.149. The maximum atomic E-state index is 15.0. The number of hydrogen-bond donors (Lipinski definition) is 29. The van der Waals surface area contributed by atoms with Crippen LogP contribution < -0.4 is 151 Å². The first-order chi connectivity index (χ1) is 59.1. The van der Waals surface area contributed by atoms with Crippen molar-refractivity contribution in [2.75, 3.05) is 72.0 Å². The molecule has 14 amide bonds. The van der Waals surface area contributed by atoms with E-state index in [2.05, 4.69) is 83.1 Å². The Bertz CT molecular complexity index is 3710. The number of unbranched alkanes of at least 4 members (excludes halogenated alkanes) is 2.